The Morgan fingerprint density at radius 2 is 1.64 bits per heavy atom. The molecule has 1 aromatic rings. The van der Waals surface area contributed by atoms with Gasteiger partial charge >= 0.3 is 0 Å². The lowest BCUT2D eigenvalue weighted by Crippen LogP contribution is -2.48. The summed E-state index contributed by atoms with van der Waals surface area (Å²) < 4.78 is 5.11. The number of likely N-dealkylation sites (tertiary alicyclic amines) is 1. The van der Waals surface area contributed by atoms with E-state index in [1.807, 2.05) is 4.90 Å². The Morgan fingerprint density at radius 1 is 1.00 bits per heavy atom. The summed E-state index contributed by atoms with van der Waals surface area (Å²) in [5.41, 5.74) is 0.510. The van der Waals surface area contributed by atoms with Crippen LogP contribution in [0.2, 0.25) is 0 Å². The summed E-state index contributed by atoms with van der Waals surface area (Å²) in [7, 11) is 1.47. The zero-order valence-corrected chi connectivity index (χ0v) is 19.2. The molecule has 3 amide bonds. The lowest BCUT2D eigenvalue weighted by atomic mass is 9.81. The zero-order valence-electron chi connectivity index (χ0n) is 19.2. The van der Waals surface area contributed by atoms with Crippen molar-refractivity contribution in [2.75, 3.05) is 46.4 Å². The van der Waals surface area contributed by atoms with Crippen LogP contribution in [-0.2, 0) is 9.59 Å². The number of imide groups is 1. The smallest absolute Gasteiger partial charge is 0.254 e. The van der Waals surface area contributed by atoms with Crippen molar-refractivity contribution in [3.8, 4) is 11.5 Å². The molecule has 4 aliphatic rings. The molecule has 0 unspecified atom stereocenters. The molecule has 1 aromatic carbocycles. The third kappa shape index (κ3) is 3.98. The van der Waals surface area contributed by atoms with Gasteiger partial charge in [0.15, 0.2) is 11.5 Å². The lowest BCUT2D eigenvalue weighted by Gasteiger charge is -2.35. The van der Waals surface area contributed by atoms with Crippen LogP contribution in [0.25, 0.3) is 0 Å². The Labute approximate surface area is 194 Å². The third-order valence-electron chi connectivity index (χ3n) is 8.21. The summed E-state index contributed by atoms with van der Waals surface area (Å²) in [5.74, 6) is 1.30. The number of carbonyl (C=O) groups excluding carboxylic acids is 3. The average Bonchev–Trinajstić information content (AvgIpc) is 3.51. The van der Waals surface area contributed by atoms with Crippen LogP contribution < -0.4 is 4.74 Å². The van der Waals surface area contributed by atoms with E-state index in [4.69, 9.17) is 4.74 Å². The van der Waals surface area contributed by atoms with E-state index in [1.165, 1.54) is 13.2 Å². The second kappa shape index (κ2) is 8.97. The molecule has 8 heteroatoms. The van der Waals surface area contributed by atoms with Gasteiger partial charge in [-0.3, -0.25) is 24.2 Å². The molecule has 2 heterocycles. The maximum absolute atomic E-state index is 12.8. The minimum atomic E-state index is -0.0569. The van der Waals surface area contributed by atoms with E-state index in [9.17, 15) is 19.5 Å². The van der Waals surface area contributed by atoms with E-state index < -0.39 is 0 Å². The summed E-state index contributed by atoms with van der Waals surface area (Å²) in [6.07, 6.45) is 5.08. The van der Waals surface area contributed by atoms with Crippen molar-refractivity contribution in [3.05, 3.63) is 23.8 Å². The molecular weight excluding hydrogens is 422 g/mol. The molecule has 2 saturated heterocycles. The standard InChI is InChI=1S/C25H33N3O5/c1-33-20-15-18(6-7-19(20)29)23(30)27-12-10-26(11-13-27)8-2-3-9-28-24(31)21-16-4-5-17(14-16)22(21)25(28)32/h6-7,15-17,21-22,29H,2-5,8-14H2,1H3/t16-,17+,21+,22-. The first-order valence-corrected chi connectivity index (χ1v) is 12.2. The molecule has 2 bridgehead atoms. The monoisotopic (exact) mass is 455 g/mol. The number of nitrogens with zero attached hydrogens (tertiary/aromatic N) is 3. The predicted molar refractivity (Wildman–Crippen MR) is 121 cm³/mol. The third-order valence-corrected chi connectivity index (χ3v) is 8.21. The fourth-order valence-electron chi connectivity index (χ4n) is 6.46. The Bertz CT molecular complexity index is 914. The number of hydrogen-bond acceptors (Lipinski definition) is 6. The summed E-state index contributed by atoms with van der Waals surface area (Å²) >= 11 is 0. The van der Waals surface area contributed by atoms with Crippen molar-refractivity contribution < 1.29 is 24.2 Å². The summed E-state index contributed by atoms with van der Waals surface area (Å²) in [6.45, 7) is 4.36. The zero-order chi connectivity index (χ0) is 23.1. The van der Waals surface area contributed by atoms with Gasteiger partial charge in [0.05, 0.1) is 18.9 Å². The molecule has 2 aliphatic heterocycles. The minimum absolute atomic E-state index is 0.0181. The molecule has 8 nitrogen and oxygen atoms in total. The van der Waals surface area contributed by atoms with Gasteiger partial charge in [-0.15, -0.1) is 0 Å². The number of amides is 3. The number of ether oxygens (including phenoxy) is 1. The topological polar surface area (TPSA) is 90.4 Å². The van der Waals surface area contributed by atoms with E-state index in [0.717, 1.165) is 51.7 Å². The van der Waals surface area contributed by atoms with Gasteiger partial charge in [-0.05, 0) is 68.7 Å². The first kappa shape index (κ1) is 22.2. The normalized spacial score (nSPS) is 29.1. The number of hydrogen-bond donors (Lipinski definition) is 1. The van der Waals surface area contributed by atoms with E-state index in [2.05, 4.69) is 4.90 Å². The van der Waals surface area contributed by atoms with Crippen LogP contribution in [0.3, 0.4) is 0 Å². The lowest BCUT2D eigenvalue weighted by molar-refractivity contribution is -0.140. The van der Waals surface area contributed by atoms with Crippen molar-refractivity contribution in [2.45, 2.75) is 32.1 Å². The number of unbranched alkanes of at least 4 members (excludes halogenated alkanes) is 1. The number of fused-ring (bicyclic) bond motifs is 5. The molecule has 178 valence electrons. The highest BCUT2D eigenvalue weighted by atomic mass is 16.5. The molecule has 0 aromatic heterocycles. The van der Waals surface area contributed by atoms with Gasteiger partial charge in [0, 0.05) is 38.3 Å². The molecule has 2 aliphatic carbocycles. The van der Waals surface area contributed by atoms with Gasteiger partial charge in [-0.2, -0.15) is 0 Å². The molecule has 33 heavy (non-hydrogen) atoms. The second-order valence-corrected chi connectivity index (χ2v) is 9.94. The molecule has 4 atom stereocenters. The second-order valence-electron chi connectivity index (χ2n) is 9.94. The van der Waals surface area contributed by atoms with Crippen molar-refractivity contribution in [1.29, 1.82) is 0 Å². The number of methoxy groups -OCH3 is 1. The maximum Gasteiger partial charge on any atom is 0.254 e. The highest BCUT2D eigenvalue weighted by Gasteiger charge is 2.60. The van der Waals surface area contributed by atoms with Crippen LogP contribution in [0.15, 0.2) is 18.2 Å². The average molecular weight is 456 g/mol. The Hall–Kier alpha value is -2.61. The number of phenols is 1. The number of carbonyl (C=O) groups is 3. The first-order chi connectivity index (χ1) is 16.0. The SMILES string of the molecule is COc1cc(C(=O)N2CCN(CCCCN3C(=O)[C@@H]4[C@H]5CC[C@H](C5)[C@@H]4C3=O)CC2)ccc1O. The van der Waals surface area contributed by atoms with Gasteiger partial charge in [0.2, 0.25) is 11.8 Å². The van der Waals surface area contributed by atoms with Crippen LogP contribution in [0.4, 0.5) is 0 Å². The Kier molecular flexibility index (Phi) is 6.03. The molecular formula is C25H33N3O5. The number of benzene rings is 1. The fourth-order valence-corrected chi connectivity index (χ4v) is 6.46. The molecule has 5 rings (SSSR count). The van der Waals surface area contributed by atoms with Gasteiger partial charge in [0.25, 0.3) is 5.91 Å². The van der Waals surface area contributed by atoms with Gasteiger partial charge < -0.3 is 14.7 Å². The maximum atomic E-state index is 12.8. The van der Waals surface area contributed by atoms with Crippen LogP contribution in [-0.4, -0.2) is 83.9 Å². The van der Waals surface area contributed by atoms with Gasteiger partial charge in [-0.25, -0.2) is 0 Å². The molecule has 1 N–H and O–H groups in total. The number of rotatable bonds is 7. The van der Waals surface area contributed by atoms with Crippen molar-refractivity contribution in [1.82, 2.24) is 14.7 Å². The quantitative estimate of drug-likeness (QED) is 0.499. The summed E-state index contributed by atoms with van der Waals surface area (Å²) in [6, 6.07) is 4.67. The van der Waals surface area contributed by atoms with Gasteiger partial charge in [-0.1, -0.05) is 0 Å². The van der Waals surface area contributed by atoms with Crippen LogP contribution >= 0.6 is 0 Å². The Balaban J connectivity index is 1.05. The highest BCUT2D eigenvalue weighted by Crippen LogP contribution is 2.56. The first-order valence-electron chi connectivity index (χ1n) is 12.2. The van der Waals surface area contributed by atoms with Gasteiger partial charge in [0.1, 0.15) is 0 Å². The molecule has 0 spiro atoms. The predicted octanol–water partition coefficient (Wildman–Crippen LogP) is 1.97. The fraction of sp³-hybridized carbons (Fsp3) is 0.640. The largest absolute Gasteiger partial charge is 0.504 e. The van der Waals surface area contributed by atoms with E-state index >= 15 is 0 Å². The number of piperazine rings is 1. The minimum Gasteiger partial charge on any atom is -0.504 e. The van der Waals surface area contributed by atoms with E-state index in [-0.39, 0.29) is 35.3 Å². The number of phenolic OH excluding ortho intramolecular Hbond substituents is 1. The molecule has 2 saturated carbocycles. The van der Waals surface area contributed by atoms with E-state index in [1.54, 1.807) is 17.0 Å². The van der Waals surface area contributed by atoms with Crippen LogP contribution in [0, 0.1) is 23.7 Å². The Morgan fingerprint density at radius 3 is 2.27 bits per heavy atom. The van der Waals surface area contributed by atoms with Crippen molar-refractivity contribution in [3.63, 3.8) is 0 Å². The molecule has 0 radical (unpaired) electrons. The summed E-state index contributed by atoms with van der Waals surface area (Å²) in [4.78, 5) is 44.1. The van der Waals surface area contributed by atoms with Crippen LogP contribution in [0.5, 0.6) is 11.5 Å². The number of aromatic hydroxyl groups is 1. The van der Waals surface area contributed by atoms with Crippen molar-refractivity contribution >= 4 is 17.7 Å². The molecule has 4 fully saturated rings. The van der Waals surface area contributed by atoms with E-state index in [0.29, 0.717) is 42.8 Å². The summed E-state index contributed by atoms with van der Waals surface area (Å²) in [5, 5.41) is 9.73. The van der Waals surface area contributed by atoms with Crippen molar-refractivity contribution in [2.24, 2.45) is 23.7 Å². The highest BCUT2D eigenvalue weighted by molar-refractivity contribution is 6.06. The van der Waals surface area contributed by atoms with Crippen LogP contribution in [0.1, 0.15) is 42.5 Å².